The molecule has 0 aliphatic heterocycles. The number of hydrogen-bond acceptors (Lipinski definition) is 3. The Balaban J connectivity index is 3.62. The summed E-state index contributed by atoms with van der Waals surface area (Å²) < 4.78 is 10.2. The van der Waals surface area contributed by atoms with Crippen molar-refractivity contribution >= 4 is 0 Å². The summed E-state index contributed by atoms with van der Waals surface area (Å²) in [6.07, 6.45) is 0. The van der Waals surface area contributed by atoms with E-state index >= 15 is 0 Å². The summed E-state index contributed by atoms with van der Waals surface area (Å²) in [5, 5.41) is 0. The van der Waals surface area contributed by atoms with Gasteiger partial charge in [-0.1, -0.05) is 0 Å². The Morgan fingerprint density at radius 1 is 1.56 bits per heavy atom. The van der Waals surface area contributed by atoms with Crippen LogP contribution in [0.3, 0.4) is 0 Å². The highest BCUT2D eigenvalue weighted by atomic mass is 16.7. The van der Waals surface area contributed by atoms with Gasteiger partial charge < -0.3 is 15.2 Å². The van der Waals surface area contributed by atoms with Gasteiger partial charge in [-0.05, 0) is 13.8 Å². The molecular weight excluding hydrogens is 118 g/mol. The molecule has 0 aromatic heterocycles. The van der Waals surface area contributed by atoms with Crippen LogP contribution in [0, 0.1) is 0 Å². The lowest BCUT2D eigenvalue weighted by Gasteiger charge is -2.25. The quantitative estimate of drug-likeness (QED) is 0.562. The summed E-state index contributed by atoms with van der Waals surface area (Å²) in [5.41, 5.74) is 5.35. The van der Waals surface area contributed by atoms with Crippen LogP contribution in [0.2, 0.25) is 0 Å². The number of hydrogen-bond donors (Lipinski definition) is 1. The van der Waals surface area contributed by atoms with Gasteiger partial charge in [0.15, 0.2) is 5.79 Å². The molecule has 0 aliphatic carbocycles. The zero-order valence-corrected chi connectivity index (χ0v) is 6.31. The van der Waals surface area contributed by atoms with Crippen LogP contribution in [0.15, 0.2) is 0 Å². The molecule has 56 valence electrons. The van der Waals surface area contributed by atoms with Crippen molar-refractivity contribution in [1.29, 1.82) is 0 Å². The SMILES string of the molecule is CCOC(C)(CN)OC. The zero-order chi connectivity index (χ0) is 7.33. The first-order valence-electron chi connectivity index (χ1n) is 3.07. The molecule has 9 heavy (non-hydrogen) atoms. The standard InChI is InChI=1S/C6H15NO2/c1-4-9-6(2,5-7)8-3/h4-5,7H2,1-3H3. The predicted molar refractivity (Wildman–Crippen MR) is 36.1 cm³/mol. The van der Waals surface area contributed by atoms with Crippen molar-refractivity contribution in [1.82, 2.24) is 0 Å². The number of nitrogens with two attached hydrogens (primary N) is 1. The van der Waals surface area contributed by atoms with Crippen LogP contribution in [0.1, 0.15) is 13.8 Å². The van der Waals surface area contributed by atoms with Crippen molar-refractivity contribution in [3.63, 3.8) is 0 Å². The first-order chi connectivity index (χ1) is 4.18. The van der Waals surface area contributed by atoms with Gasteiger partial charge in [-0.25, -0.2) is 0 Å². The summed E-state index contributed by atoms with van der Waals surface area (Å²) in [4.78, 5) is 0. The number of ether oxygens (including phenoxy) is 2. The van der Waals surface area contributed by atoms with E-state index in [9.17, 15) is 0 Å². The molecule has 1 unspecified atom stereocenters. The van der Waals surface area contributed by atoms with Crippen molar-refractivity contribution in [3.05, 3.63) is 0 Å². The zero-order valence-electron chi connectivity index (χ0n) is 6.31. The first-order valence-corrected chi connectivity index (χ1v) is 3.07. The van der Waals surface area contributed by atoms with E-state index < -0.39 is 5.79 Å². The molecular formula is C6H15NO2. The highest BCUT2D eigenvalue weighted by Crippen LogP contribution is 2.07. The van der Waals surface area contributed by atoms with E-state index in [2.05, 4.69) is 0 Å². The molecule has 0 fully saturated rings. The second-order valence-corrected chi connectivity index (χ2v) is 1.98. The molecule has 0 aromatic rings. The highest BCUT2D eigenvalue weighted by Gasteiger charge is 2.20. The van der Waals surface area contributed by atoms with E-state index in [1.165, 1.54) is 0 Å². The molecule has 0 aliphatic rings. The fourth-order valence-corrected chi connectivity index (χ4v) is 0.507. The molecule has 2 N–H and O–H groups in total. The van der Waals surface area contributed by atoms with Gasteiger partial charge in [0.1, 0.15) is 0 Å². The van der Waals surface area contributed by atoms with Crippen LogP contribution in [0.5, 0.6) is 0 Å². The lowest BCUT2D eigenvalue weighted by molar-refractivity contribution is -0.199. The minimum absolute atomic E-state index is 0.386. The summed E-state index contributed by atoms with van der Waals surface area (Å²) >= 11 is 0. The van der Waals surface area contributed by atoms with Crippen molar-refractivity contribution in [2.45, 2.75) is 19.6 Å². The number of methoxy groups -OCH3 is 1. The molecule has 0 aromatic carbocycles. The molecule has 0 saturated carbocycles. The van der Waals surface area contributed by atoms with Crippen LogP contribution >= 0.6 is 0 Å². The summed E-state index contributed by atoms with van der Waals surface area (Å²) in [6, 6.07) is 0. The summed E-state index contributed by atoms with van der Waals surface area (Å²) in [5.74, 6) is -0.589. The Bertz CT molecular complexity index is 71.5. The average Bonchev–Trinajstić information content (AvgIpc) is 1.89. The third-order valence-corrected chi connectivity index (χ3v) is 1.25. The smallest absolute Gasteiger partial charge is 0.177 e. The minimum Gasteiger partial charge on any atom is -0.352 e. The van der Waals surface area contributed by atoms with E-state index in [1.54, 1.807) is 7.11 Å². The van der Waals surface area contributed by atoms with Gasteiger partial charge in [-0.2, -0.15) is 0 Å². The Kier molecular flexibility index (Phi) is 3.77. The largest absolute Gasteiger partial charge is 0.352 e. The van der Waals surface area contributed by atoms with E-state index in [4.69, 9.17) is 15.2 Å². The molecule has 0 amide bonds. The number of rotatable bonds is 4. The van der Waals surface area contributed by atoms with Crippen LogP contribution in [0.4, 0.5) is 0 Å². The average molecular weight is 133 g/mol. The van der Waals surface area contributed by atoms with Crippen LogP contribution in [0.25, 0.3) is 0 Å². The fraction of sp³-hybridized carbons (Fsp3) is 1.00. The molecule has 3 nitrogen and oxygen atoms in total. The second-order valence-electron chi connectivity index (χ2n) is 1.98. The fourth-order valence-electron chi connectivity index (χ4n) is 0.507. The maximum absolute atomic E-state index is 5.35. The lowest BCUT2D eigenvalue weighted by atomic mass is 10.3. The van der Waals surface area contributed by atoms with Crippen LogP contribution in [-0.2, 0) is 9.47 Å². The Hall–Kier alpha value is -0.120. The first kappa shape index (κ1) is 8.88. The lowest BCUT2D eigenvalue weighted by Crippen LogP contribution is -2.39. The van der Waals surface area contributed by atoms with E-state index in [0.717, 1.165) is 0 Å². The maximum atomic E-state index is 5.35. The van der Waals surface area contributed by atoms with Crippen molar-refractivity contribution < 1.29 is 9.47 Å². The van der Waals surface area contributed by atoms with Gasteiger partial charge in [-0.15, -0.1) is 0 Å². The third-order valence-electron chi connectivity index (χ3n) is 1.25. The summed E-state index contributed by atoms with van der Waals surface area (Å²) in [7, 11) is 1.59. The highest BCUT2D eigenvalue weighted by molar-refractivity contribution is 4.61. The summed E-state index contributed by atoms with van der Waals surface area (Å²) in [6.45, 7) is 4.74. The topological polar surface area (TPSA) is 44.5 Å². The Labute approximate surface area is 56.1 Å². The van der Waals surface area contributed by atoms with E-state index in [-0.39, 0.29) is 0 Å². The molecule has 0 heterocycles. The van der Waals surface area contributed by atoms with Gasteiger partial charge in [-0.3, -0.25) is 0 Å². The van der Waals surface area contributed by atoms with Gasteiger partial charge in [0.25, 0.3) is 0 Å². The van der Waals surface area contributed by atoms with E-state index in [1.807, 2.05) is 13.8 Å². The van der Waals surface area contributed by atoms with Crippen molar-refractivity contribution in [2.75, 3.05) is 20.3 Å². The second kappa shape index (κ2) is 3.82. The van der Waals surface area contributed by atoms with Crippen LogP contribution < -0.4 is 5.73 Å². The Morgan fingerprint density at radius 3 is 2.22 bits per heavy atom. The van der Waals surface area contributed by atoms with Gasteiger partial charge in [0, 0.05) is 20.3 Å². The molecule has 0 saturated heterocycles. The van der Waals surface area contributed by atoms with Gasteiger partial charge >= 0.3 is 0 Å². The minimum atomic E-state index is -0.589. The van der Waals surface area contributed by atoms with E-state index in [0.29, 0.717) is 13.2 Å². The molecule has 0 spiro atoms. The van der Waals surface area contributed by atoms with Crippen molar-refractivity contribution in [3.8, 4) is 0 Å². The predicted octanol–water partition coefficient (Wildman–Crippen LogP) is 0.344. The monoisotopic (exact) mass is 133 g/mol. The maximum Gasteiger partial charge on any atom is 0.177 e. The van der Waals surface area contributed by atoms with Crippen molar-refractivity contribution in [2.24, 2.45) is 5.73 Å². The molecule has 3 heteroatoms. The Morgan fingerprint density at radius 2 is 2.11 bits per heavy atom. The third kappa shape index (κ3) is 2.79. The molecule has 0 bridgehead atoms. The molecule has 1 atom stereocenters. The van der Waals surface area contributed by atoms with Gasteiger partial charge in [0.2, 0.25) is 0 Å². The molecule has 0 radical (unpaired) electrons. The van der Waals surface area contributed by atoms with Gasteiger partial charge in [0.05, 0.1) is 0 Å². The molecule has 0 rings (SSSR count). The normalized spacial score (nSPS) is 17.3. The van der Waals surface area contributed by atoms with Crippen LogP contribution in [-0.4, -0.2) is 26.0 Å².